The number of fused-ring (bicyclic) bond motifs is 5. The van der Waals surface area contributed by atoms with Gasteiger partial charge in [0.2, 0.25) is 0 Å². The lowest BCUT2D eigenvalue weighted by Crippen LogP contribution is -2.15. The summed E-state index contributed by atoms with van der Waals surface area (Å²) in [7, 11) is 0. The van der Waals surface area contributed by atoms with E-state index in [1.54, 1.807) is 23.7 Å². The van der Waals surface area contributed by atoms with E-state index in [0.29, 0.717) is 0 Å². The van der Waals surface area contributed by atoms with Gasteiger partial charge in [0.1, 0.15) is 0 Å². The highest BCUT2D eigenvalue weighted by Gasteiger charge is 2.19. The molecular weight excluding hydrogens is 372 g/mol. The molecule has 1 unspecified atom stereocenters. The molecule has 0 saturated carbocycles. The Hall–Kier alpha value is -2.06. The minimum Gasteiger partial charge on any atom is -0.473 e. The molecule has 1 aromatic heterocycles. The van der Waals surface area contributed by atoms with E-state index in [1.165, 1.54) is 40.8 Å². The van der Waals surface area contributed by atoms with Gasteiger partial charge in [0.25, 0.3) is 0 Å². The molecule has 1 heterocycles. The number of hydrogen-bond acceptors (Lipinski definition) is 1. The van der Waals surface area contributed by atoms with Crippen LogP contribution in [0.25, 0.3) is 21.5 Å². The smallest absolute Gasteiger partial charge is 0.0902 e. The van der Waals surface area contributed by atoms with E-state index in [9.17, 15) is 0 Å². The van der Waals surface area contributed by atoms with E-state index in [1.807, 2.05) is 12.1 Å². The first kappa shape index (κ1) is 16.4. The predicted molar refractivity (Wildman–Crippen MR) is 109 cm³/mol. The number of aryl methyl sites for hydroxylation is 1. The molecule has 0 radical (unpaired) electrons. The summed E-state index contributed by atoms with van der Waals surface area (Å²) in [5.41, 5.74) is 3.15. The van der Waals surface area contributed by atoms with Crippen LogP contribution >= 0.6 is 15.9 Å². The summed E-state index contributed by atoms with van der Waals surface area (Å²) in [5.74, 6) is 0.791. The lowest BCUT2D eigenvalue weighted by Gasteiger charge is -2.24. The Morgan fingerprint density at radius 3 is 2.40 bits per heavy atom. The van der Waals surface area contributed by atoms with Gasteiger partial charge in [-0.2, -0.15) is 0 Å². The van der Waals surface area contributed by atoms with Crippen LogP contribution in [0.4, 0.5) is 0 Å². The number of halogens is 1. The van der Waals surface area contributed by atoms with Gasteiger partial charge >= 0.3 is 0 Å². The van der Waals surface area contributed by atoms with Crippen LogP contribution in [-0.4, -0.2) is 5.33 Å². The average molecular weight is 393 g/mol. The second kappa shape index (κ2) is 7.45. The summed E-state index contributed by atoms with van der Waals surface area (Å²) < 4.78 is 4.58. The topological polar surface area (TPSA) is 13.1 Å². The van der Waals surface area contributed by atoms with E-state index in [4.69, 9.17) is 0 Å². The van der Waals surface area contributed by atoms with Crippen molar-refractivity contribution < 1.29 is 4.42 Å². The van der Waals surface area contributed by atoms with Crippen molar-refractivity contribution in [3.05, 3.63) is 84.3 Å². The van der Waals surface area contributed by atoms with E-state index in [0.717, 1.165) is 11.2 Å². The maximum atomic E-state index is 4.58. The summed E-state index contributed by atoms with van der Waals surface area (Å²) in [6, 6.07) is 21.7. The number of rotatable bonds is 1. The molecule has 1 aliphatic rings. The molecule has 2 heteroatoms. The van der Waals surface area contributed by atoms with Crippen molar-refractivity contribution in [2.24, 2.45) is 5.92 Å². The highest BCUT2D eigenvalue weighted by Crippen LogP contribution is 2.35. The van der Waals surface area contributed by atoms with Crippen LogP contribution in [0.3, 0.4) is 0 Å². The van der Waals surface area contributed by atoms with Gasteiger partial charge in [-0.3, -0.25) is 0 Å². The third-order valence-corrected chi connectivity index (χ3v) is 6.01. The number of furan rings is 1. The van der Waals surface area contributed by atoms with E-state index in [2.05, 4.69) is 68.9 Å². The first-order valence-electron chi connectivity index (χ1n) is 8.82. The Bertz CT molecular complexity index is 955. The molecule has 1 nitrogen and oxygen atoms in total. The van der Waals surface area contributed by atoms with E-state index < -0.39 is 0 Å². The molecule has 0 amide bonds. The van der Waals surface area contributed by atoms with Gasteiger partial charge in [0.15, 0.2) is 0 Å². The number of benzene rings is 3. The average Bonchev–Trinajstić information content (AvgIpc) is 3.27. The number of hydrogen-bond donors (Lipinski definition) is 0. The highest BCUT2D eigenvalue weighted by atomic mass is 79.9. The lowest BCUT2D eigenvalue weighted by molar-refractivity contribution is 0.515. The zero-order valence-electron chi connectivity index (χ0n) is 14.1. The molecule has 0 aliphatic heterocycles. The Morgan fingerprint density at radius 2 is 1.64 bits per heavy atom. The largest absolute Gasteiger partial charge is 0.473 e. The summed E-state index contributed by atoms with van der Waals surface area (Å²) in [6.45, 7) is 0. The highest BCUT2D eigenvalue weighted by molar-refractivity contribution is 9.09. The molecule has 126 valence electrons. The third kappa shape index (κ3) is 3.36. The van der Waals surface area contributed by atoms with E-state index >= 15 is 0 Å². The molecule has 3 aromatic carbocycles. The van der Waals surface area contributed by atoms with Gasteiger partial charge in [-0.1, -0.05) is 64.5 Å². The van der Waals surface area contributed by atoms with Gasteiger partial charge < -0.3 is 4.42 Å². The summed E-state index contributed by atoms with van der Waals surface area (Å²) in [4.78, 5) is 0. The fourth-order valence-corrected chi connectivity index (χ4v) is 4.33. The van der Waals surface area contributed by atoms with Crippen LogP contribution < -0.4 is 0 Å². The zero-order valence-corrected chi connectivity index (χ0v) is 15.7. The van der Waals surface area contributed by atoms with Crippen LogP contribution in [-0.2, 0) is 12.8 Å². The minimum atomic E-state index is 0.791. The Kier molecular flexibility index (Phi) is 4.89. The van der Waals surface area contributed by atoms with Crippen LogP contribution in [0.2, 0.25) is 0 Å². The molecule has 0 fully saturated rings. The van der Waals surface area contributed by atoms with Crippen molar-refractivity contribution >= 4 is 37.5 Å². The fraction of sp³-hybridized carbons (Fsp3) is 0.217. The first-order chi connectivity index (χ1) is 12.4. The standard InChI is InChI=1S/C19H17Br.C4H4O/c20-12-13-5-6-15-8-9-17-16-4-2-1-3-14(16)7-10-18(17)19(15)11-13;1-2-4-5-3-1/h1-4,7-10,13H,5-6,11-12H2;1-4H. The summed E-state index contributed by atoms with van der Waals surface area (Å²) in [6.07, 6.45) is 7.02. The molecule has 5 rings (SSSR count). The quantitative estimate of drug-likeness (QED) is 0.257. The van der Waals surface area contributed by atoms with E-state index in [-0.39, 0.29) is 0 Å². The van der Waals surface area contributed by atoms with Crippen molar-refractivity contribution in [2.45, 2.75) is 19.3 Å². The van der Waals surface area contributed by atoms with Crippen molar-refractivity contribution in [3.63, 3.8) is 0 Å². The molecule has 0 spiro atoms. The molecule has 1 atom stereocenters. The van der Waals surface area contributed by atoms with Gasteiger partial charge in [0, 0.05) is 5.33 Å². The van der Waals surface area contributed by atoms with Crippen molar-refractivity contribution in [1.82, 2.24) is 0 Å². The minimum absolute atomic E-state index is 0.791. The molecule has 0 saturated heterocycles. The van der Waals surface area contributed by atoms with Gasteiger partial charge in [-0.15, -0.1) is 0 Å². The monoisotopic (exact) mass is 392 g/mol. The van der Waals surface area contributed by atoms with Gasteiger partial charge in [0.05, 0.1) is 12.5 Å². The van der Waals surface area contributed by atoms with Crippen LogP contribution in [0.15, 0.2) is 77.6 Å². The van der Waals surface area contributed by atoms with Crippen molar-refractivity contribution in [1.29, 1.82) is 0 Å². The fourth-order valence-electron chi connectivity index (χ4n) is 3.78. The molecule has 25 heavy (non-hydrogen) atoms. The summed E-state index contributed by atoms with van der Waals surface area (Å²) in [5, 5.41) is 6.72. The van der Waals surface area contributed by atoms with Crippen molar-refractivity contribution in [3.8, 4) is 0 Å². The van der Waals surface area contributed by atoms with Crippen LogP contribution in [0, 0.1) is 5.92 Å². The van der Waals surface area contributed by atoms with Crippen LogP contribution in [0.5, 0.6) is 0 Å². The molecule has 0 N–H and O–H groups in total. The predicted octanol–water partition coefficient (Wildman–Crippen LogP) is 6.77. The Balaban J connectivity index is 0.000000272. The molecular formula is C23H21BrO. The Morgan fingerprint density at radius 1 is 0.840 bits per heavy atom. The first-order valence-corrected chi connectivity index (χ1v) is 9.94. The summed E-state index contributed by atoms with van der Waals surface area (Å²) >= 11 is 3.67. The van der Waals surface area contributed by atoms with Gasteiger partial charge in [-0.25, -0.2) is 0 Å². The maximum Gasteiger partial charge on any atom is 0.0902 e. The number of alkyl halides is 1. The normalized spacial score (nSPS) is 16.3. The maximum absolute atomic E-state index is 4.58. The lowest BCUT2D eigenvalue weighted by atomic mass is 9.82. The zero-order chi connectivity index (χ0) is 17.1. The molecule has 1 aliphatic carbocycles. The third-order valence-electron chi connectivity index (χ3n) is 5.09. The van der Waals surface area contributed by atoms with Gasteiger partial charge in [-0.05, 0) is 70.0 Å². The molecule has 0 bridgehead atoms. The SMILES string of the molecule is BrCC1CCc2ccc3c(ccc4ccccc43)c2C1.c1ccoc1. The second-order valence-electron chi connectivity index (χ2n) is 6.64. The molecule has 4 aromatic rings. The van der Waals surface area contributed by atoms with Crippen LogP contribution in [0.1, 0.15) is 17.5 Å². The van der Waals surface area contributed by atoms with Crippen molar-refractivity contribution in [2.75, 3.05) is 5.33 Å². The second-order valence-corrected chi connectivity index (χ2v) is 7.29. The Labute approximate surface area is 156 Å².